The maximum atomic E-state index is 13.6. The predicted octanol–water partition coefficient (Wildman–Crippen LogP) is -0.650. The number of amides is 1. The zero-order valence-electron chi connectivity index (χ0n) is 16.7. The van der Waals surface area contributed by atoms with Crippen molar-refractivity contribution in [2.45, 2.75) is 23.9 Å². The number of ketones is 3. The highest BCUT2D eigenvalue weighted by Gasteiger charge is 2.76. The molecule has 0 radical (unpaired) electrons. The molecule has 0 spiro atoms. The molecule has 0 aromatic heterocycles. The van der Waals surface area contributed by atoms with Gasteiger partial charge in [0.15, 0.2) is 28.7 Å². The molecule has 10 nitrogen and oxygen atoms in total. The average molecular weight is 428 g/mol. The number of fused-ring (bicyclic) bond motifs is 2. The van der Waals surface area contributed by atoms with Gasteiger partial charge in [0, 0.05) is 5.92 Å². The summed E-state index contributed by atoms with van der Waals surface area (Å²) >= 11 is 0. The number of aromatic hydroxyl groups is 1. The van der Waals surface area contributed by atoms with Crippen molar-refractivity contribution in [3.63, 3.8) is 0 Å². The Morgan fingerprint density at radius 3 is 2.52 bits per heavy atom. The van der Waals surface area contributed by atoms with Gasteiger partial charge in [-0.1, -0.05) is 12.1 Å². The number of carbonyl (C=O) groups excluding carboxylic acids is 4. The van der Waals surface area contributed by atoms with E-state index in [0.29, 0.717) is 5.56 Å². The fraction of sp³-hybridized carbons (Fsp3) is 0.429. The van der Waals surface area contributed by atoms with Crippen molar-refractivity contribution in [1.82, 2.24) is 4.90 Å². The number of nitrogens with zero attached hydrogens (tertiary/aromatic N) is 1. The number of aliphatic hydroxyl groups is 2. The van der Waals surface area contributed by atoms with E-state index in [1.165, 1.54) is 31.1 Å². The Bertz CT molecular complexity index is 1140. The topological polar surface area (TPSA) is 167 Å². The number of phenols is 1. The summed E-state index contributed by atoms with van der Waals surface area (Å²) < 4.78 is 6.31. The van der Waals surface area contributed by atoms with Crippen LogP contribution in [0.15, 0.2) is 29.5 Å². The van der Waals surface area contributed by atoms with Gasteiger partial charge in [-0.05, 0) is 32.1 Å². The Hall–Kier alpha value is -3.08. The van der Waals surface area contributed by atoms with Gasteiger partial charge in [0.05, 0.1) is 23.5 Å². The lowest BCUT2D eigenvalue weighted by Crippen LogP contribution is -2.77. The quantitative estimate of drug-likeness (QED) is 0.353. The van der Waals surface area contributed by atoms with Crippen LogP contribution in [-0.2, 0) is 19.1 Å². The monoisotopic (exact) mass is 428 g/mol. The molecule has 3 unspecified atom stereocenters. The molecule has 2 fully saturated rings. The molecular formula is C21H20N2O8. The van der Waals surface area contributed by atoms with E-state index in [1.54, 1.807) is 6.07 Å². The summed E-state index contributed by atoms with van der Waals surface area (Å²) in [5.41, 5.74) is -0.126. The fourth-order valence-electron chi connectivity index (χ4n) is 5.94. The van der Waals surface area contributed by atoms with Crippen LogP contribution in [0.25, 0.3) is 0 Å². The molecule has 1 saturated carbocycles. The first kappa shape index (κ1) is 19.9. The third-order valence-corrected chi connectivity index (χ3v) is 7.24. The second-order valence-electron chi connectivity index (χ2n) is 8.71. The van der Waals surface area contributed by atoms with E-state index in [4.69, 9.17) is 10.5 Å². The molecule has 5 rings (SSSR count). The number of primary amides is 1. The molecule has 5 N–H and O–H groups in total. The van der Waals surface area contributed by atoms with E-state index in [1.807, 2.05) is 0 Å². The first-order valence-corrected chi connectivity index (χ1v) is 9.75. The van der Waals surface area contributed by atoms with E-state index in [0.717, 1.165) is 0 Å². The van der Waals surface area contributed by atoms with Crippen LogP contribution in [0, 0.1) is 17.8 Å². The molecule has 4 aliphatic rings. The van der Waals surface area contributed by atoms with Crippen LogP contribution in [0.1, 0.15) is 28.4 Å². The van der Waals surface area contributed by atoms with Crippen LogP contribution >= 0.6 is 0 Å². The minimum atomic E-state index is -2.80. The van der Waals surface area contributed by atoms with Gasteiger partial charge in [0.1, 0.15) is 11.3 Å². The van der Waals surface area contributed by atoms with Crippen LogP contribution in [0.3, 0.4) is 0 Å². The number of benzene rings is 1. The molecule has 1 amide bonds. The molecule has 3 aliphatic carbocycles. The van der Waals surface area contributed by atoms with Gasteiger partial charge in [-0.3, -0.25) is 24.1 Å². The molecule has 10 heteroatoms. The summed E-state index contributed by atoms with van der Waals surface area (Å²) in [7, 11) is 3.00. The van der Waals surface area contributed by atoms with Crippen molar-refractivity contribution < 1.29 is 39.2 Å². The second kappa shape index (κ2) is 5.78. The summed E-state index contributed by atoms with van der Waals surface area (Å²) in [6.07, 6.45) is -0.945. The fourth-order valence-corrected chi connectivity index (χ4v) is 5.94. The molecule has 2 bridgehead atoms. The van der Waals surface area contributed by atoms with Gasteiger partial charge >= 0.3 is 0 Å². The summed E-state index contributed by atoms with van der Waals surface area (Å²) in [4.78, 5) is 53.4. The van der Waals surface area contributed by atoms with Gasteiger partial charge in [-0.2, -0.15) is 0 Å². The van der Waals surface area contributed by atoms with Crippen LogP contribution in [0.2, 0.25) is 0 Å². The third-order valence-electron chi connectivity index (χ3n) is 7.24. The predicted molar refractivity (Wildman–Crippen MR) is 102 cm³/mol. The summed E-state index contributed by atoms with van der Waals surface area (Å²) in [5.74, 6) is -9.06. The maximum absolute atomic E-state index is 13.6. The number of carbonyl (C=O) groups is 4. The summed E-state index contributed by atoms with van der Waals surface area (Å²) in [5, 5.41) is 32.9. The van der Waals surface area contributed by atoms with Gasteiger partial charge in [-0.25, -0.2) is 0 Å². The van der Waals surface area contributed by atoms with Crippen molar-refractivity contribution in [3.05, 3.63) is 40.7 Å². The number of hydrogen-bond donors (Lipinski definition) is 4. The van der Waals surface area contributed by atoms with Gasteiger partial charge in [-0.15, -0.1) is 0 Å². The maximum Gasteiger partial charge on any atom is 0.256 e. The lowest BCUT2D eigenvalue weighted by molar-refractivity contribution is -0.289. The number of nitrogens with two attached hydrogens (primary N) is 1. The zero-order valence-corrected chi connectivity index (χ0v) is 16.7. The number of Topliss-reactive ketones (excluding diaryl/α,β-unsaturated/α-hetero) is 3. The minimum Gasteiger partial charge on any atom is -0.507 e. The van der Waals surface area contributed by atoms with E-state index >= 15 is 0 Å². The number of ether oxygens (including phenoxy) is 1. The number of aliphatic hydroxyl groups excluding tert-OH is 1. The Balaban J connectivity index is 1.88. The average Bonchev–Trinajstić information content (AvgIpc) is 2.70. The second-order valence-corrected chi connectivity index (χ2v) is 8.71. The number of likely N-dealkylation sites (N-methyl/N-ethyl adjacent to an activating group) is 1. The smallest absolute Gasteiger partial charge is 0.256 e. The lowest BCUT2D eigenvalue weighted by atomic mass is 9.51. The SMILES string of the molecule is CN(C)[C@]12O[C@@H]3c4cccc(O)c4C(=O)C4C(=O)[C@](O)(C(=O)C(C(N)=O)=C1O)C2CC43. The highest BCUT2D eigenvalue weighted by atomic mass is 16.5. The van der Waals surface area contributed by atoms with Crippen LogP contribution < -0.4 is 5.73 Å². The van der Waals surface area contributed by atoms with Crippen molar-refractivity contribution in [3.8, 4) is 5.75 Å². The van der Waals surface area contributed by atoms with Crippen LogP contribution in [0.5, 0.6) is 5.75 Å². The van der Waals surface area contributed by atoms with E-state index in [-0.39, 0.29) is 17.7 Å². The van der Waals surface area contributed by atoms with E-state index in [9.17, 15) is 34.5 Å². The van der Waals surface area contributed by atoms with Gasteiger partial charge in [0.25, 0.3) is 5.91 Å². The Kier molecular flexibility index (Phi) is 3.71. The van der Waals surface area contributed by atoms with E-state index < -0.39 is 69.8 Å². The number of rotatable bonds is 2. The molecule has 1 aliphatic heterocycles. The molecule has 162 valence electrons. The van der Waals surface area contributed by atoms with Crippen LogP contribution in [0.4, 0.5) is 0 Å². The highest BCUT2D eigenvalue weighted by Crippen LogP contribution is 2.63. The minimum absolute atomic E-state index is 0.0154. The molecule has 6 atom stereocenters. The largest absolute Gasteiger partial charge is 0.507 e. The molecule has 1 aromatic carbocycles. The van der Waals surface area contributed by atoms with Gasteiger partial charge < -0.3 is 25.8 Å². The zero-order chi connectivity index (χ0) is 22.6. The Morgan fingerprint density at radius 2 is 1.90 bits per heavy atom. The number of phenolic OH excluding ortho intramolecular Hbond substituents is 1. The van der Waals surface area contributed by atoms with Gasteiger partial charge in [0.2, 0.25) is 5.78 Å². The van der Waals surface area contributed by atoms with Crippen molar-refractivity contribution in [2.75, 3.05) is 14.1 Å². The summed E-state index contributed by atoms with van der Waals surface area (Å²) in [6, 6.07) is 4.39. The molecule has 1 heterocycles. The molecule has 1 saturated heterocycles. The Morgan fingerprint density at radius 1 is 1.23 bits per heavy atom. The highest BCUT2D eigenvalue weighted by molar-refractivity contribution is 6.32. The van der Waals surface area contributed by atoms with Crippen LogP contribution in [-0.4, -0.2) is 68.9 Å². The Labute approximate surface area is 175 Å². The first-order valence-electron chi connectivity index (χ1n) is 9.75. The lowest BCUT2D eigenvalue weighted by Gasteiger charge is -2.62. The summed E-state index contributed by atoms with van der Waals surface area (Å²) in [6.45, 7) is 0. The normalized spacial score (nSPS) is 38.4. The molecule has 1 aromatic rings. The van der Waals surface area contributed by atoms with Crippen molar-refractivity contribution >= 4 is 23.3 Å². The van der Waals surface area contributed by atoms with Crippen molar-refractivity contribution in [1.29, 1.82) is 0 Å². The standard InChI is InChI=1S/C21H20N2O8/c1-23(2)21-10-6-8-12(14(25)11-7(15(8)31-21)4-3-5-9(11)24)16(26)20(10,30)17(27)13(18(21)28)19(22)29/h3-5,8,10,12,15,24,28,30H,6H2,1-2H3,(H2,22,29)/t8?,10?,12?,15-,20+,21-/m1/s1. The van der Waals surface area contributed by atoms with E-state index in [2.05, 4.69) is 0 Å². The van der Waals surface area contributed by atoms with Crippen molar-refractivity contribution in [2.24, 2.45) is 23.5 Å². The molecule has 31 heavy (non-hydrogen) atoms. The first-order chi connectivity index (χ1) is 14.5. The number of hydrogen-bond acceptors (Lipinski definition) is 9. The molecular weight excluding hydrogens is 408 g/mol. The third kappa shape index (κ3) is 1.98.